The van der Waals surface area contributed by atoms with Crippen LogP contribution in [0.15, 0.2) is 54.2 Å². The molecule has 7 heteroatoms. The Morgan fingerprint density at radius 1 is 0.933 bits per heavy atom. The molecule has 6 nitrogen and oxygen atoms in total. The van der Waals surface area contributed by atoms with E-state index in [1.54, 1.807) is 23.7 Å². The van der Waals surface area contributed by atoms with Crippen LogP contribution >= 0.6 is 11.3 Å². The molecule has 0 N–H and O–H groups in total. The number of thiazole rings is 1. The van der Waals surface area contributed by atoms with Gasteiger partial charge in [0.25, 0.3) is 0 Å². The number of hydrogen-bond acceptors (Lipinski definition) is 7. The van der Waals surface area contributed by atoms with Crippen LogP contribution in [0.1, 0.15) is 17.6 Å². The first-order valence-electron chi connectivity index (χ1n) is 10.4. The Bertz CT molecular complexity index is 1130. The molecule has 0 atom stereocenters. The highest BCUT2D eigenvalue weighted by Gasteiger charge is 2.21. The summed E-state index contributed by atoms with van der Waals surface area (Å²) in [4.78, 5) is 23.5. The Hall–Kier alpha value is -2.90. The van der Waals surface area contributed by atoms with Crippen molar-refractivity contribution in [2.24, 2.45) is 0 Å². The fourth-order valence-electron chi connectivity index (χ4n) is 3.86. The molecule has 0 unspecified atom stereocenters. The number of fused-ring (bicyclic) bond motifs is 1. The quantitative estimate of drug-likeness (QED) is 0.490. The minimum Gasteiger partial charge on any atom is -0.353 e. The molecule has 5 rings (SSSR count). The number of rotatable bonds is 5. The van der Waals surface area contributed by atoms with E-state index in [2.05, 4.69) is 45.3 Å². The van der Waals surface area contributed by atoms with Gasteiger partial charge in [0, 0.05) is 61.4 Å². The molecule has 1 saturated heterocycles. The number of aromatic nitrogens is 4. The van der Waals surface area contributed by atoms with Crippen molar-refractivity contribution in [3.63, 3.8) is 0 Å². The van der Waals surface area contributed by atoms with Gasteiger partial charge >= 0.3 is 0 Å². The van der Waals surface area contributed by atoms with Crippen LogP contribution in [0.4, 0.5) is 5.82 Å². The van der Waals surface area contributed by atoms with Gasteiger partial charge in [0.15, 0.2) is 5.82 Å². The lowest BCUT2D eigenvalue weighted by Gasteiger charge is -2.35. The maximum atomic E-state index is 4.98. The van der Waals surface area contributed by atoms with Crippen molar-refractivity contribution in [2.45, 2.75) is 19.9 Å². The molecule has 0 bridgehead atoms. The summed E-state index contributed by atoms with van der Waals surface area (Å²) < 4.78 is 0. The van der Waals surface area contributed by atoms with Crippen molar-refractivity contribution < 1.29 is 0 Å². The van der Waals surface area contributed by atoms with Gasteiger partial charge in [-0.25, -0.2) is 15.0 Å². The molecule has 1 aliphatic heterocycles. The Labute approximate surface area is 180 Å². The van der Waals surface area contributed by atoms with E-state index in [9.17, 15) is 0 Å². The average molecular weight is 417 g/mol. The largest absolute Gasteiger partial charge is 0.353 e. The third-order valence-electron chi connectivity index (χ3n) is 5.48. The van der Waals surface area contributed by atoms with E-state index in [0.717, 1.165) is 67.3 Å². The van der Waals surface area contributed by atoms with E-state index in [-0.39, 0.29) is 0 Å². The molecular formula is C23H24N6S. The van der Waals surface area contributed by atoms with Crippen molar-refractivity contribution in [1.82, 2.24) is 24.8 Å². The van der Waals surface area contributed by atoms with Crippen molar-refractivity contribution in [3.8, 4) is 11.4 Å². The number of anilines is 1. The maximum Gasteiger partial charge on any atom is 0.162 e. The number of piperazine rings is 1. The highest BCUT2D eigenvalue weighted by atomic mass is 32.1. The fraction of sp³-hybridized carbons (Fsp3) is 0.304. The van der Waals surface area contributed by atoms with Crippen LogP contribution in [0.25, 0.3) is 22.3 Å². The van der Waals surface area contributed by atoms with E-state index in [1.807, 2.05) is 18.2 Å². The van der Waals surface area contributed by atoms with Gasteiger partial charge in [-0.05, 0) is 30.7 Å². The molecule has 0 amide bonds. The minimum absolute atomic E-state index is 0.753. The Balaban J connectivity index is 1.38. The van der Waals surface area contributed by atoms with Crippen molar-refractivity contribution in [2.75, 3.05) is 31.1 Å². The van der Waals surface area contributed by atoms with Gasteiger partial charge in [0.2, 0.25) is 0 Å². The summed E-state index contributed by atoms with van der Waals surface area (Å²) in [5.74, 6) is 1.78. The van der Waals surface area contributed by atoms with E-state index < -0.39 is 0 Å². The van der Waals surface area contributed by atoms with Gasteiger partial charge in [-0.3, -0.25) is 9.88 Å². The normalized spacial score (nSPS) is 15.0. The number of aryl methyl sites for hydroxylation is 1. The summed E-state index contributed by atoms with van der Waals surface area (Å²) in [6.45, 7) is 6.98. The monoisotopic (exact) mass is 416 g/mol. The molecule has 0 saturated carbocycles. The Morgan fingerprint density at radius 3 is 2.50 bits per heavy atom. The second kappa shape index (κ2) is 8.45. The topological polar surface area (TPSA) is 58.0 Å². The van der Waals surface area contributed by atoms with E-state index in [4.69, 9.17) is 15.0 Å². The summed E-state index contributed by atoms with van der Waals surface area (Å²) >= 11 is 1.77. The second-order valence-electron chi connectivity index (χ2n) is 7.47. The van der Waals surface area contributed by atoms with Crippen LogP contribution in [0.5, 0.6) is 0 Å². The van der Waals surface area contributed by atoms with Gasteiger partial charge in [-0.1, -0.05) is 19.1 Å². The highest BCUT2D eigenvalue weighted by Crippen LogP contribution is 2.28. The van der Waals surface area contributed by atoms with Crippen LogP contribution < -0.4 is 4.90 Å². The predicted octanol–water partition coefficient (Wildman–Crippen LogP) is 4.03. The molecule has 4 heterocycles. The van der Waals surface area contributed by atoms with Gasteiger partial charge < -0.3 is 4.90 Å². The summed E-state index contributed by atoms with van der Waals surface area (Å²) in [7, 11) is 0. The summed E-state index contributed by atoms with van der Waals surface area (Å²) in [5, 5.41) is 4.53. The molecule has 1 fully saturated rings. The maximum absolute atomic E-state index is 4.98. The zero-order valence-corrected chi connectivity index (χ0v) is 17.8. The Kier molecular flexibility index (Phi) is 5.38. The van der Waals surface area contributed by atoms with E-state index in [1.165, 1.54) is 10.7 Å². The number of nitrogens with zero attached hydrogens (tertiary/aromatic N) is 6. The Morgan fingerprint density at radius 2 is 1.73 bits per heavy atom. The molecule has 0 spiro atoms. The van der Waals surface area contributed by atoms with Gasteiger partial charge in [-0.15, -0.1) is 11.3 Å². The lowest BCUT2D eigenvalue weighted by molar-refractivity contribution is 0.247. The molecule has 3 aromatic heterocycles. The van der Waals surface area contributed by atoms with Crippen LogP contribution in [0.3, 0.4) is 0 Å². The van der Waals surface area contributed by atoms with Gasteiger partial charge in [0.05, 0.1) is 16.2 Å². The van der Waals surface area contributed by atoms with E-state index >= 15 is 0 Å². The van der Waals surface area contributed by atoms with Crippen LogP contribution in [0, 0.1) is 0 Å². The first-order chi connectivity index (χ1) is 14.8. The van der Waals surface area contributed by atoms with E-state index in [0.29, 0.717) is 0 Å². The van der Waals surface area contributed by atoms with Gasteiger partial charge in [-0.2, -0.15) is 0 Å². The molecule has 1 aromatic carbocycles. The predicted molar refractivity (Wildman–Crippen MR) is 122 cm³/mol. The SMILES string of the molecule is CCc1nc(CN2CCN(c3nc(-c4ccncc4)nc4ccccc34)CC2)cs1. The molecule has 4 aromatic rings. The molecule has 0 aliphatic carbocycles. The fourth-order valence-corrected chi connectivity index (χ4v) is 4.60. The highest BCUT2D eigenvalue weighted by molar-refractivity contribution is 7.09. The molecule has 1 aliphatic rings. The minimum atomic E-state index is 0.753. The van der Waals surface area contributed by atoms with Crippen LogP contribution in [-0.2, 0) is 13.0 Å². The molecule has 152 valence electrons. The zero-order chi connectivity index (χ0) is 20.3. The van der Waals surface area contributed by atoms with Crippen molar-refractivity contribution in [1.29, 1.82) is 0 Å². The molecule has 0 radical (unpaired) electrons. The smallest absolute Gasteiger partial charge is 0.162 e. The summed E-state index contributed by atoms with van der Waals surface area (Å²) in [6.07, 6.45) is 4.59. The zero-order valence-electron chi connectivity index (χ0n) is 17.0. The number of pyridine rings is 1. The number of para-hydroxylation sites is 1. The molecular weight excluding hydrogens is 392 g/mol. The van der Waals surface area contributed by atoms with Crippen LogP contribution in [-0.4, -0.2) is 51.0 Å². The first-order valence-corrected chi connectivity index (χ1v) is 11.3. The number of hydrogen-bond donors (Lipinski definition) is 0. The molecule has 30 heavy (non-hydrogen) atoms. The summed E-state index contributed by atoms with van der Waals surface area (Å²) in [5.41, 5.74) is 3.16. The van der Waals surface area contributed by atoms with Gasteiger partial charge in [0.1, 0.15) is 5.82 Å². The van der Waals surface area contributed by atoms with Crippen molar-refractivity contribution in [3.05, 3.63) is 64.9 Å². The standard InChI is InChI=1S/C23H24N6S/c1-2-21-25-18(16-30-21)15-28-11-13-29(14-12-28)23-19-5-3-4-6-20(19)26-22(27-23)17-7-9-24-10-8-17/h3-10,16H,2,11-15H2,1H3. The first kappa shape index (κ1) is 19.1. The summed E-state index contributed by atoms with van der Waals surface area (Å²) in [6, 6.07) is 12.2. The third-order valence-corrected chi connectivity index (χ3v) is 6.52. The lowest BCUT2D eigenvalue weighted by Crippen LogP contribution is -2.46. The number of benzene rings is 1. The third kappa shape index (κ3) is 3.91. The average Bonchev–Trinajstić information content (AvgIpc) is 3.27. The second-order valence-corrected chi connectivity index (χ2v) is 8.42. The van der Waals surface area contributed by atoms with Crippen LogP contribution in [0.2, 0.25) is 0 Å². The lowest BCUT2D eigenvalue weighted by atomic mass is 10.2. The van der Waals surface area contributed by atoms with Crippen molar-refractivity contribution >= 4 is 28.1 Å².